The molecule has 5 heteroatoms. The lowest BCUT2D eigenvalue weighted by Gasteiger charge is -2.22. The molecule has 2 saturated carbocycles. The van der Waals surface area contributed by atoms with Crippen LogP contribution in [0.4, 0.5) is 5.82 Å². The Morgan fingerprint density at radius 3 is 3.06 bits per heavy atom. The van der Waals surface area contributed by atoms with Crippen LogP contribution in [0.2, 0.25) is 5.02 Å². The van der Waals surface area contributed by atoms with Gasteiger partial charge in [-0.25, -0.2) is 4.98 Å². The fourth-order valence-corrected chi connectivity index (χ4v) is 3.53. The van der Waals surface area contributed by atoms with Gasteiger partial charge in [-0.3, -0.25) is 4.79 Å². The summed E-state index contributed by atoms with van der Waals surface area (Å²) < 4.78 is 0. The van der Waals surface area contributed by atoms with Gasteiger partial charge in [0.1, 0.15) is 5.02 Å². The van der Waals surface area contributed by atoms with Crippen molar-refractivity contribution in [1.29, 1.82) is 0 Å². The van der Waals surface area contributed by atoms with Crippen molar-refractivity contribution in [1.82, 2.24) is 9.97 Å². The third-order valence-electron chi connectivity index (χ3n) is 4.21. The average Bonchev–Trinajstić information content (AvgIpc) is 2.93. The Labute approximate surface area is 105 Å². The zero-order chi connectivity index (χ0) is 11.8. The van der Waals surface area contributed by atoms with E-state index in [1.807, 2.05) is 0 Å². The summed E-state index contributed by atoms with van der Waals surface area (Å²) in [5.41, 5.74) is -0.280. The maximum atomic E-state index is 11.3. The molecular formula is C12H16ClN3O. The van der Waals surface area contributed by atoms with Gasteiger partial charge >= 0.3 is 0 Å². The molecule has 2 N–H and O–H groups in total. The standard InChI is InChI=1S/C12H16ClN3O/c13-10-11(15-6-16-12(10)17)14-5-9-4-7-1-2-8(9)3-7/h6-9H,1-5H2,(H2,14,15,16,17). The molecule has 17 heavy (non-hydrogen) atoms. The van der Waals surface area contributed by atoms with Gasteiger partial charge < -0.3 is 10.3 Å². The van der Waals surface area contributed by atoms with Gasteiger partial charge in [-0.05, 0) is 37.0 Å². The number of rotatable bonds is 3. The van der Waals surface area contributed by atoms with E-state index in [9.17, 15) is 4.79 Å². The van der Waals surface area contributed by atoms with Crippen LogP contribution >= 0.6 is 11.6 Å². The lowest BCUT2D eigenvalue weighted by Crippen LogP contribution is -2.22. The molecule has 1 aromatic rings. The fraction of sp³-hybridized carbons (Fsp3) is 0.667. The van der Waals surface area contributed by atoms with Crippen LogP contribution in [-0.2, 0) is 0 Å². The van der Waals surface area contributed by atoms with Crippen LogP contribution in [0.1, 0.15) is 25.7 Å². The second-order valence-electron chi connectivity index (χ2n) is 5.21. The van der Waals surface area contributed by atoms with Gasteiger partial charge in [-0.1, -0.05) is 18.0 Å². The maximum Gasteiger partial charge on any atom is 0.271 e. The summed E-state index contributed by atoms with van der Waals surface area (Å²) >= 11 is 5.89. The van der Waals surface area contributed by atoms with Gasteiger partial charge in [0, 0.05) is 6.54 Å². The number of H-pyrrole nitrogens is 1. The third-order valence-corrected chi connectivity index (χ3v) is 4.56. The number of nitrogens with one attached hydrogen (secondary N) is 2. The Bertz CT molecular complexity index is 473. The molecule has 0 spiro atoms. The molecule has 2 aliphatic rings. The lowest BCUT2D eigenvalue weighted by atomic mass is 9.89. The first-order valence-electron chi connectivity index (χ1n) is 6.21. The highest BCUT2D eigenvalue weighted by molar-refractivity contribution is 6.32. The Hall–Kier alpha value is -1.03. The normalized spacial score (nSPS) is 30.8. The Balaban J connectivity index is 1.64. The van der Waals surface area contributed by atoms with Crippen LogP contribution in [0.15, 0.2) is 11.1 Å². The monoisotopic (exact) mass is 253 g/mol. The minimum atomic E-state index is -0.280. The number of halogens is 1. The molecule has 3 rings (SSSR count). The summed E-state index contributed by atoms with van der Waals surface area (Å²) in [7, 11) is 0. The average molecular weight is 254 g/mol. The zero-order valence-corrected chi connectivity index (χ0v) is 10.3. The Morgan fingerprint density at radius 2 is 2.35 bits per heavy atom. The zero-order valence-electron chi connectivity index (χ0n) is 9.58. The van der Waals surface area contributed by atoms with Crippen molar-refractivity contribution >= 4 is 17.4 Å². The SMILES string of the molecule is O=c1[nH]cnc(NCC2CC3CCC2C3)c1Cl. The van der Waals surface area contributed by atoms with E-state index < -0.39 is 0 Å². The predicted molar refractivity (Wildman–Crippen MR) is 67.3 cm³/mol. The van der Waals surface area contributed by atoms with E-state index in [0.717, 1.165) is 24.3 Å². The largest absolute Gasteiger partial charge is 0.368 e. The quantitative estimate of drug-likeness (QED) is 0.869. The molecule has 92 valence electrons. The topological polar surface area (TPSA) is 57.8 Å². The molecule has 4 nitrogen and oxygen atoms in total. The van der Waals surface area contributed by atoms with E-state index >= 15 is 0 Å². The van der Waals surface area contributed by atoms with E-state index in [0.29, 0.717) is 5.82 Å². The summed E-state index contributed by atoms with van der Waals surface area (Å²) in [6.45, 7) is 0.886. The minimum Gasteiger partial charge on any atom is -0.368 e. The summed E-state index contributed by atoms with van der Waals surface area (Å²) in [5.74, 6) is 3.05. The molecule has 3 atom stereocenters. The number of nitrogens with zero attached hydrogens (tertiary/aromatic N) is 1. The molecule has 0 saturated heterocycles. The van der Waals surface area contributed by atoms with Crippen molar-refractivity contribution in [3.8, 4) is 0 Å². The molecule has 2 aliphatic carbocycles. The van der Waals surface area contributed by atoms with Gasteiger partial charge in [0.05, 0.1) is 6.33 Å². The molecule has 0 amide bonds. The van der Waals surface area contributed by atoms with Crippen LogP contribution in [0, 0.1) is 17.8 Å². The number of fused-ring (bicyclic) bond motifs is 2. The summed E-state index contributed by atoms with van der Waals surface area (Å²) in [6, 6.07) is 0. The molecule has 0 aliphatic heterocycles. The lowest BCUT2D eigenvalue weighted by molar-refractivity contribution is 0.348. The molecular weight excluding hydrogens is 238 g/mol. The smallest absolute Gasteiger partial charge is 0.271 e. The van der Waals surface area contributed by atoms with E-state index in [-0.39, 0.29) is 10.6 Å². The van der Waals surface area contributed by atoms with Crippen molar-refractivity contribution < 1.29 is 0 Å². The van der Waals surface area contributed by atoms with Crippen LogP contribution in [0.25, 0.3) is 0 Å². The second-order valence-corrected chi connectivity index (χ2v) is 5.59. The first kappa shape index (κ1) is 11.1. The first-order chi connectivity index (χ1) is 8.24. The highest BCUT2D eigenvalue weighted by Crippen LogP contribution is 2.48. The van der Waals surface area contributed by atoms with Crippen molar-refractivity contribution in [3.63, 3.8) is 0 Å². The summed E-state index contributed by atoms with van der Waals surface area (Å²) in [6.07, 6.45) is 6.87. The van der Waals surface area contributed by atoms with Gasteiger partial charge in [0.15, 0.2) is 5.82 Å². The van der Waals surface area contributed by atoms with Crippen molar-refractivity contribution in [2.24, 2.45) is 17.8 Å². The van der Waals surface area contributed by atoms with E-state index in [2.05, 4.69) is 15.3 Å². The minimum absolute atomic E-state index is 0.163. The van der Waals surface area contributed by atoms with E-state index in [4.69, 9.17) is 11.6 Å². The second kappa shape index (κ2) is 4.33. The molecule has 0 aromatic carbocycles. The predicted octanol–water partition coefficient (Wildman–Crippen LogP) is 2.27. The fourth-order valence-electron chi connectivity index (χ4n) is 3.36. The molecule has 2 fully saturated rings. The number of aromatic amines is 1. The van der Waals surface area contributed by atoms with Crippen molar-refractivity contribution in [2.45, 2.75) is 25.7 Å². The highest BCUT2D eigenvalue weighted by Gasteiger charge is 2.39. The third kappa shape index (κ3) is 2.06. The van der Waals surface area contributed by atoms with Crippen molar-refractivity contribution in [3.05, 3.63) is 21.7 Å². The van der Waals surface area contributed by atoms with Crippen LogP contribution in [0.3, 0.4) is 0 Å². The number of hydrogen-bond acceptors (Lipinski definition) is 3. The van der Waals surface area contributed by atoms with Crippen LogP contribution < -0.4 is 10.9 Å². The van der Waals surface area contributed by atoms with Crippen molar-refractivity contribution in [2.75, 3.05) is 11.9 Å². The number of anilines is 1. The molecule has 3 unspecified atom stereocenters. The molecule has 2 bridgehead atoms. The molecule has 0 radical (unpaired) electrons. The van der Waals surface area contributed by atoms with E-state index in [1.165, 1.54) is 32.0 Å². The Morgan fingerprint density at radius 1 is 1.47 bits per heavy atom. The van der Waals surface area contributed by atoms with Gasteiger partial charge in [-0.15, -0.1) is 0 Å². The Kier molecular flexibility index (Phi) is 2.82. The highest BCUT2D eigenvalue weighted by atomic mass is 35.5. The van der Waals surface area contributed by atoms with Gasteiger partial charge in [0.25, 0.3) is 5.56 Å². The summed E-state index contributed by atoms with van der Waals surface area (Å²) in [5, 5.41) is 3.38. The van der Waals surface area contributed by atoms with Gasteiger partial charge in [0.2, 0.25) is 0 Å². The molecule has 1 aromatic heterocycles. The number of aromatic nitrogens is 2. The van der Waals surface area contributed by atoms with Crippen LogP contribution in [0.5, 0.6) is 0 Å². The maximum absolute atomic E-state index is 11.3. The first-order valence-corrected chi connectivity index (χ1v) is 6.59. The van der Waals surface area contributed by atoms with Gasteiger partial charge in [-0.2, -0.15) is 0 Å². The van der Waals surface area contributed by atoms with E-state index in [1.54, 1.807) is 0 Å². The van der Waals surface area contributed by atoms with Crippen LogP contribution in [-0.4, -0.2) is 16.5 Å². The molecule has 1 heterocycles. The number of hydrogen-bond donors (Lipinski definition) is 2. The summed E-state index contributed by atoms with van der Waals surface area (Å²) in [4.78, 5) is 17.8.